The van der Waals surface area contributed by atoms with Crippen LogP contribution in [-0.2, 0) is 41.9 Å². The molecule has 4 N–H and O–H groups in total. The molecule has 1 aromatic rings. The highest BCUT2D eigenvalue weighted by atomic mass is 31.2. The molecule has 2 heterocycles. The normalized spacial score (nSPS) is 21.9. The zero-order chi connectivity index (χ0) is 29.8. The topological polar surface area (TPSA) is 225 Å². The van der Waals surface area contributed by atoms with E-state index in [4.69, 9.17) is 33.5 Å². The first-order valence-electron chi connectivity index (χ1n) is 11.6. The van der Waals surface area contributed by atoms with Crippen molar-refractivity contribution in [3.8, 4) is 0 Å². The average Bonchev–Trinajstić information content (AvgIpc) is 3.10. The monoisotopic (exact) mass is 579 g/mol. The molecule has 39 heavy (non-hydrogen) atoms. The second-order valence-electron chi connectivity index (χ2n) is 10.5. The summed E-state index contributed by atoms with van der Waals surface area (Å²) in [5.74, 6) is -2.49. The van der Waals surface area contributed by atoms with Crippen molar-refractivity contribution >= 4 is 25.7 Å². The highest BCUT2D eigenvalue weighted by Crippen LogP contribution is 2.50. The number of esters is 2. The van der Waals surface area contributed by atoms with Crippen molar-refractivity contribution in [3.05, 3.63) is 28.4 Å². The lowest BCUT2D eigenvalue weighted by Gasteiger charge is -2.23. The molecule has 1 saturated heterocycles. The van der Waals surface area contributed by atoms with Crippen LogP contribution in [0, 0.1) is 10.8 Å². The Labute approximate surface area is 223 Å². The van der Waals surface area contributed by atoms with Gasteiger partial charge in [0.25, 0.3) is 11.5 Å². The first-order chi connectivity index (χ1) is 17.9. The van der Waals surface area contributed by atoms with Crippen molar-refractivity contribution in [2.75, 3.05) is 20.2 Å². The van der Waals surface area contributed by atoms with Gasteiger partial charge >= 0.3 is 19.8 Å². The Hall–Kier alpha value is -2.72. The maximum Gasteiger partial charge on any atom is 0.480 e. The average molecular weight is 579 g/mol. The number of amides is 1. The number of hydrogen-bond acceptors (Lipinski definition) is 14. The number of aliphatic hydroxyl groups excluding tert-OH is 2. The van der Waals surface area contributed by atoms with Gasteiger partial charge in [0.05, 0.1) is 17.4 Å². The molecule has 2 rings (SSSR count). The van der Waals surface area contributed by atoms with Crippen LogP contribution in [0.4, 0.5) is 0 Å². The Balaban J connectivity index is 2.14. The van der Waals surface area contributed by atoms with Crippen LogP contribution < -0.4 is 11.3 Å². The van der Waals surface area contributed by atoms with Gasteiger partial charge in [-0.2, -0.15) is 0 Å². The van der Waals surface area contributed by atoms with Crippen molar-refractivity contribution in [2.45, 2.75) is 66.1 Å². The summed E-state index contributed by atoms with van der Waals surface area (Å²) in [5, 5.41) is 20.9. The number of phosphoric acid groups is 1. The molecule has 16 nitrogen and oxygen atoms in total. The van der Waals surface area contributed by atoms with Crippen LogP contribution in [0.25, 0.3) is 0 Å². The van der Waals surface area contributed by atoms with Gasteiger partial charge in [-0.05, 0) is 41.5 Å². The molecule has 0 aromatic carbocycles. The minimum absolute atomic E-state index is 0.622. The molecule has 0 bridgehead atoms. The lowest BCUT2D eigenvalue weighted by molar-refractivity contribution is -0.163. The third-order valence-electron chi connectivity index (χ3n) is 5.14. The fraction of sp³-hybridized carbons (Fsp3) is 0.682. The number of carbonyl (C=O) groups is 3. The first-order valence-corrected chi connectivity index (χ1v) is 13.1. The van der Waals surface area contributed by atoms with E-state index in [1.165, 1.54) is 0 Å². The van der Waals surface area contributed by atoms with Crippen LogP contribution in [0.2, 0.25) is 0 Å². The van der Waals surface area contributed by atoms with Crippen molar-refractivity contribution in [1.29, 1.82) is 0 Å². The molecule has 0 saturated carbocycles. The van der Waals surface area contributed by atoms with Gasteiger partial charge in [0.1, 0.15) is 18.3 Å². The van der Waals surface area contributed by atoms with Gasteiger partial charge in [0.2, 0.25) is 13.6 Å². The summed E-state index contributed by atoms with van der Waals surface area (Å²) < 4.78 is 44.6. The molecule has 0 spiro atoms. The summed E-state index contributed by atoms with van der Waals surface area (Å²) in [6, 6.07) is 0. The summed E-state index contributed by atoms with van der Waals surface area (Å²) in [6.07, 6.45) is -4.08. The van der Waals surface area contributed by atoms with Crippen molar-refractivity contribution in [1.82, 2.24) is 9.55 Å². The minimum atomic E-state index is -4.62. The summed E-state index contributed by atoms with van der Waals surface area (Å²) >= 11 is 0. The van der Waals surface area contributed by atoms with Crippen LogP contribution in [0.1, 0.15) is 58.3 Å². The molecule has 220 valence electrons. The smallest absolute Gasteiger partial charge is 0.437 e. The number of aromatic nitrogens is 2. The molecule has 1 fully saturated rings. The second-order valence-corrected chi connectivity index (χ2v) is 12.2. The molecule has 1 aliphatic rings. The third kappa shape index (κ3) is 8.63. The number of carbonyl (C=O) groups excluding carboxylic acids is 3. The number of ether oxygens (including phenoxy) is 3. The molecule has 17 heteroatoms. The largest absolute Gasteiger partial charge is 0.480 e. The number of hydrogen-bond donors (Lipinski definition) is 3. The van der Waals surface area contributed by atoms with E-state index in [1.54, 1.807) is 41.5 Å². The summed E-state index contributed by atoms with van der Waals surface area (Å²) in [5.41, 5.74) is 1.72. The maximum atomic E-state index is 13.2. The van der Waals surface area contributed by atoms with Gasteiger partial charge in [0.15, 0.2) is 11.9 Å². The number of primary amides is 1. The summed E-state index contributed by atoms with van der Waals surface area (Å²) in [6.45, 7) is 7.02. The zero-order valence-corrected chi connectivity index (χ0v) is 23.3. The van der Waals surface area contributed by atoms with E-state index < -0.39 is 92.5 Å². The van der Waals surface area contributed by atoms with Gasteiger partial charge in [-0.1, -0.05) is 0 Å². The highest BCUT2D eigenvalue weighted by Gasteiger charge is 2.46. The predicted octanol–water partition coefficient (Wildman–Crippen LogP) is 0.213. The zero-order valence-electron chi connectivity index (χ0n) is 22.4. The van der Waals surface area contributed by atoms with Gasteiger partial charge in [-0.3, -0.25) is 28.3 Å². The standard InChI is InChI=1S/C22H34N3O13P/c1-21(2,3)19(30)33-10-36-39(32,37-11-34-20(31)22(4,5)6)35-9-12-14(26)15(27)18(38-12)25-8-7-24-13(16(23)28)17(25)29/h7-8,12,14-15,18,26-27H,9-11H2,1-6H3,(H2,23,28). The quantitative estimate of drug-likeness (QED) is 0.181. The van der Waals surface area contributed by atoms with Crippen LogP contribution in [0.15, 0.2) is 17.2 Å². The third-order valence-corrected chi connectivity index (χ3v) is 6.44. The Morgan fingerprint density at radius 1 is 1.00 bits per heavy atom. The predicted molar refractivity (Wildman–Crippen MR) is 129 cm³/mol. The number of aliphatic hydroxyl groups is 2. The lowest BCUT2D eigenvalue weighted by atomic mass is 9.98. The molecule has 4 unspecified atom stereocenters. The molecule has 1 amide bonds. The molecule has 1 aromatic heterocycles. The van der Waals surface area contributed by atoms with Crippen molar-refractivity contribution in [2.24, 2.45) is 16.6 Å². The Kier molecular flexibility index (Phi) is 10.5. The number of phosphoric ester groups is 1. The Morgan fingerprint density at radius 2 is 1.51 bits per heavy atom. The molecule has 0 aliphatic carbocycles. The van der Waals surface area contributed by atoms with E-state index in [2.05, 4.69) is 4.98 Å². The highest BCUT2D eigenvalue weighted by molar-refractivity contribution is 7.48. The van der Waals surface area contributed by atoms with Gasteiger partial charge in [0, 0.05) is 12.4 Å². The molecular weight excluding hydrogens is 545 g/mol. The molecule has 4 atom stereocenters. The Morgan fingerprint density at radius 3 is 1.97 bits per heavy atom. The maximum absolute atomic E-state index is 13.2. The first kappa shape index (κ1) is 32.5. The lowest BCUT2D eigenvalue weighted by Crippen LogP contribution is -2.38. The Bertz CT molecular complexity index is 1120. The van der Waals surface area contributed by atoms with E-state index in [1.807, 2.05) is 0 Å². The number of rotatable bonds is 11. The van der Waals surface area contributed by atoms with Gasteiger partial charge in [-0.15, -0.1) is 0 Å². The van der Waals surface area contributed by atoms with E-state index in [0.29, 0.717) is 0 Å². The van der Waals surface area contributed by atoms with Crippen LogP contribution in [-0.4, -0.2) is 76.1 Å². The second kappa shape index (κ2) is 12.6. The van der Waals surface area contributed by atoms with E-state index in [9.17, 15) is 34.0 Å². The summed E-state index contributed by atoms with van der Waals surface area (Å²) in [4.78, 5) is 51.5. The number of nitrogens with two attached hydrogens (primary N) is 1. The fourth-order valence-electron chi connectivity index (χ4n) is 2.89. The van der Waals surface area contributed by atoms with Crippen LogP contribution in [0.5, 0.6) is 0 Å². The SMILES string of the molecule is CC(C)(C)C(=O)OCOP(=O)(OCOC(=O)C(C)(C)C)OCC1OC(n2ccnc(C(N)=O)c2=O)C(O)C1O. The summed E-state index contributed by atoms with van der Waals surface area (Å²) in [7, 11) is -4.62. The molecular formula is C22H34N3O13P. The van der Waals surface area contributed by atoms with Crippen molar-refractivity contribution < 1.29 is 56.9 Å². The van der Waals surface area contributed by atoms with Crippen LogP contribution >= 0.6 is 7.82 Å². The minimum Gasteiger partial charge on any atom is -0.437 e. The fourth-order valence-corrected chi connectivity index (χ4v) is 3.81. The van der Waals surface area contributed by atoms with Gasteiger partial charge in [-0.25, -0.2) is 18.6 Å². The van der Waals surface area contributed by atoms with Crippen LogP contribution in [0.3, 0.4) is 0 Å². The van der Waals surface area contributed by atoms with E-state index in [0.717, 1.165) is 17.0 Å². The molecule has 0 radical (unpaired) electrons. The molecule has 1 aliphatic heterocycles. The van der Waals surface area contributed by atoms with Crippen molar-refractivity contribution in [3.63, 3.8) is 0 Å². The van der Waals surface area contributed by atoms with E-state index in [-0.39, 0.29) is 0 Å². The number of nitrogens with zero attached hydrogens (tertiary/aromatic N) is 2. The van der Waals surface area contributed by atoms with Gasteiger partial charge < -0.3 is 30.2 Å². The van der Waals surface area contributed by atoms with E-state index >= 15 is 0 Å².